The van der Waals surface area contributed by atoms with Gasteiger partial charge in [0.15, 0.2) is 0 Å². The first-order chi connectivity index (χ1) is 16.8. The molecule has 1 aliphatic rings. The topological polar surface area (TPSA) is 84.9 Å². The molecule has 7 nitrogen and oxygen atoms in total. The van der Waals surface area contributed by atoms with Crippen molar-refractivity contribution in [1.82, 2.24) is 5.32 Å². The summed E-state index contributed by atoms with van der Waals surface area (Å²) in [5, 5.41) is 3.43. The van der Waals surface area contributed by atoms with E-state index in [1.54, 1.807) is 48.5 Å². The van der Waals surface area contributed by atoms with Crippen molar-refractivity contribution in [2.24, 2.45) is 0 Å². The van der Waals surface area contributed by atoms with Crippen LogP contribution in [0.5, 0.6) is 11.5 Å². The van der Waals surface area contributed by atoms with Crippen molar-refractivity contribution in [2.75, 3.05) is 12.0 Å². The Morgan fingerprint density at radius 2 is 1.71 bits per heavy atom. The lowest BCUT2D eigenvalue weighted by Crippen LogP contribution is -2.54. The van der Waals surface area contributed by atoms with Gasteiger partial charge < -0.3 is 9.47 Å². The molecule has 3 aromatic carbocycles. The van der Waals surface area contributed by atoms with Crippen LogP contribution in [-0.4, -0.2) is 25.0 Å². The highest BCUT2D eigenvalue weighted by atomic mass is 35.5. The van der Waals surface area contributed by atoms with E-state index >= 15 is 0 Å². The number of nitrogens with one attached hydrogen (secondary N) is 1. The van der Waals surface area contributed by atoms with Crippen molar-refractivity contribution in [3.63, 3.8) is 0 Å². The first-order valence-corrected chi connectivity index (χ1v) is 11.3. The smallest absolute Gasteiger partial charge is 0.335 e. The van der Waals surface area contributed by atoms with Gasteiger partial charge in [0.05, 0.1) is 12.8 Å². The van der Waals surface area contributed by atoms with Gasteiger partial charge in [0.2, 0.25) is 0 Å². The lowest BCUT2D eigenvalue weighted by Gasteiger charge is -2.26. The van der Waals surface area contributed by atoms with Crippen molar-refractivity contribution in [3.05, 3.63) is 92.4 Å². The summed E-state index contributed by atoms with van der Waals surface area (Å²) in [6, 6.07) is 15.2. The van der Waals surface area contributed by atoms with E-state index in [0.29, 0.717) is 37.7 Å². The molecule has 0 bridgehead atoms. The Morgan fingerprint density at radius 3 is 2.43 bits per heavy atom. The minimum absolute atomic E-state index is 0.0899. The number of ether oxygens (including phenoxy) is 2. The summed E-state index contributed by atoms with van der Waals surface area (Å²) in [6.45, 7) is 0.0899. The molecule has 4 amide bonds. The van der Waals surface area contributed by atoms with Gasteiger partial charge in [0, 0.05) is 32.3 Å². The average molecular weight is 532 g/mol. The van der Waals surface area contributed by atoms with Crippen LogP contribution in [0.3, 0.4) is 0 Å². The Bertz CT molecular complexity index is 1370. The maximum Gasteiger partial charge on any atom is 0.335 e. The van der Waals surface area contributed by atoms with E-state index in [9.17, 15) is 14.4 Å². The van der Waals surface area contributed by atoms with Gasteiger partial charge in [-0.15, -0.1) is 0 Å². The van der Waals surface area contributed by atoms with Crippen molar-refractivity contribution in [1.29, 1.82) is 0 Å². The lowest BCUT2D eigenvalue weighted by atomic mass is 10.1. The summed E-state index contributed by atoms with van der Waals surface area (Å²) in [5.74, 6) is -0.807. The predicted octanol–water partition coefficient (Wildman–Crippen LogP) is 5.90. The number of anilines is 1. The molecule has 10 heteroatoms. The van der Waals surface area contributed by atoms with Gasteiger partial charge in [-0.05, 0) is 48.5 Å². The average Bonchev–Trinajstić information content (AvgIpc) is 2.81. The highest BCUT2D eigenvalue weighted by Gasteiger charge is 2.37. The second kappa shape index (κ2) is 10.4. The summed E-state index contributed by atoms with van der Waals surface area (Å²) < 4.78 is 11.2. The van der Waals surface area contributed by atoms with Gasteiger partial charge in [-0.1, -0.05) is 46.9 Å². The fraction of sp³-hybridized carbons (Fsp3) is 0.0800. The van der Waals surface area contributed by atoms with Crippen molar-refractivity contribution in [2.45, 2.75) is 6.61 Å². The molecule has 3 aromatic rings. The van der Waals surface area contributed by atoms with Gasteiger partial charge >= 0.3 is 6.03 Å². The number of imide groups is 2. The molecule has 35 heavy (non-hydrogen) atoms. The number of barbiturate groups is 1. The van der Waals surface area contributed by atoms with Gasteiger partial charge in [-0.25, -0.2) is 9.69 Å². The van der Waals surface area contributed by atoms with E-state index in [0.717, 1.165) is 4.90 Å². The Labute approximate surface area is 215 Å². The maximum absolute atomic E-state index is 13.2. The first-order valence-electron chi connectivity index (χ1n) is 10.2. The highest BCUT2D eigenvalue weighted by Crippen LogP contribution is 2.31. The molecule has 0 spiro atoms. The van der Waals surface area contributed by atoms with Crippen LogP contribution in [0.2, 0.25) is 15.1 Å². The van der Waals surface area contributed by atoms with Crippen LogP contribution in [0.4, 0.5) is 10.5 Å². The van der Waals surface area contributed by atoms with Gasteiger partial charge in [-0.2, -0.15) is 0 Å². The van der Waals surface area contributed by atoms with Crippen LogP contribution in [-0.2, 0) is 16.2 Å². The SMILES string of the molecule is COc1ccc(/C=C2\C(=O)NC(=O)N(c3cccc(Cl)c3)C2=O)c(OCc2ccc(Cl)cc2Cl)c1. The third-order valence-corrected chi connectivity index (χ3v) is 5.91. The van der Waals surface area contributed by atoms with E-state index < -0.39 is 17.8 Å². The van der Waals surface area contributed by atoms with Crippen molar-refractivity contribution in [3.8, 4) is 11.5 Å². The Kier molecular flexibility index (Phi) is 7.31. The molecule has 1 heterocycles. The summed E-state index contributed by atoms with van der Waals surface area (Å²) in [5.41, 5.74) is 1.06. The normalized spacial score (nSPS) is 14.8. The molecule has 0 atom stereocenters. The zero-order valence-corrected chi connectivity index (χ0v) is 20.4. The van der Waals surface area contributed by atoms with Crippen LogP contribution in [0, 0.1) is 0 Å². The number of hydrogen-bond donors (Lipinski definition) is 1. The van der Waals surface area contributed by atoms with Gasteiger partial charge in [0.1, 0.15) is 23.7 Å². The molecule has 0 aliphatic carbocycles. The van der Waals surface area contributed by atoms with Crippen LogP contribution >= 0.6 is 34.8 Å². The Hall–Kier alpha value is -3.52. The highest BCUT2D eigenvalue weighted by molar-refractivity contribution is 6.39. The number of hydrogen-bond acceptors (Lipinski definition) is 5. The molecule has 1 N–H and O–H groups in total. The first kappa shape index (κ1) is 24.6. The van der Waals surface area contributed by atoms with Crippen molar-refractivity contribution < 1.29 is 23.9 Å². The summed E-state index contributed by atoms with van der Waals surface area (Å²) in [4.78, 5) is 39.0. The molecule has 4 rings (SSSR count). The molecule has 1 aliphatic heterocycles. The van der Waals surface area contributed by atoms with E-state index in [2.05, 4.69) is 5.32 Å². The third-order valence-electron chi connectivity index (χ3n) is 5.09. The van der Waals surface area contributed by atoms with E-state index in [-0.39, 0.29) is 17.9 Å². The maximum atomic E-state index is 13.2. The Balaban J connectivity index is 1.69. The second-order valence-electron chi connectivity index (χ2n) is 7.37. The number of rotatable bonds is 6. The fourth-order valence-electron chi connectivity index (χ4n) is 3.34. The summed E-state index contributed by atoms with van der Waals surface area (Å²) in [7, 11) is 1.50. The molecule has 0 unspecified atom stereocenters. The number of methoxy groups -OCH3 is 1. The fourth-order valence-corrected chi connectivity index (χ4v) is 3.99. The second-order valence-corrected chi connectivity index (χ2v) is 8.65. The standard InChI is InChI=1S/C25H17Cl3N2O5/c1-34-19-8-6-14(22(12-19)35-13-15-5-7-17(27)11-21(15)28)9-20-23(31)29-25(33)30(24(20)32)18-4-2-3-16(26)10-18/h2-12H,13H2,1H3,(H,29,31,33)/b20-9+. The summed E-state index contributed by atoms with van der Waals surface area (Å²) in [6.07, 6.45) is 1.35. The minimum Gasteiger partial charge on any atom is -0.497 e. The molecular formula is C25H17Cl3N2O5. The number of halogens is 3. The molecule has 178 valence electrons. The van der Waals surface area contributed by atoms with Crippen LogP contribution < -0.4 is 19.7 Å². The monoisotopic (exact) mass is 530 g/mol. The van der Waals surface area contributed by atoms with Crippen LogP contribution in [0.25, 0.3) is 6.08 Å². The van der Waals surface area contributed by atoms with E-state index in [1.807, 2.05) is 0 Å². The molecule has 0 saturated carbocycles. The largest absolute Gasteiger partial charge is 0.497 e. The quantitative estimate of drug-likeness (QED) is 0.316. The number of carbonyl (C=O) groups is 3. The van der Waals surface area contributed by atoms with Crippen LogP contribution in [0.15, 0.2) is 66.2 Å². The van der Waals surface area contributed by atoms with Crippen molar-refractivity contribution >= 4 is 64.4 Å². The Morgan fingerprint density at radius 1 is 0.943 bits per heavy atom. The summed E-state index contributed by atoms with van der Waals surface area (Å²) >= 11 is 18.2. The van der Waals surface area contributed by atoms with E-state index in [1.165, 1.54) is 25.3 Å². The molecule has 0 radical (unpaired) electrons. The molecule has 0 aromatic heterocycles. The molecule has 1 fully saturated rings. The van der Waals surface area contributed by atoms with Crippen LogP contribution in [0.1, 0.15) is 11.1 Å². The van der Waals surface area contributed by atoms with Gasteiger partial charge in [0.25, 0.3) is 11.8 Å². The zero-order valence-electron chi connectivity index (χ0n) is 18.2. The lowest BCUT2D eigenvalue weighted by molar-refractivity contribution is -0.122. The minimum atomic E-state index is -0.872. The third kappa shape index (κ3) is 5.43. The van der Waals surface area contributed by atoms with Gasteiger partial charge in [-0.3, -0.25) is 14.9 Å². The number of carbonyl (C=O) groups excluding carboxylic acids is 3. The predicted molar refractivity (Wildman–Crippen MR) is 134 cm³/mol. The molecule has 1 saturated heterocycles. The number of urea groups is 1. The molecular weight excluding hydrogens is 515 g/mol. The number of benzene rings is 3. The zero-order chi connectivity index (χ0) is 25.1. The number of nitrogens with zero attached hydrogens (tertiary/aromatic N) is 1. The number of amides is 4. The van der Waals surface area contributed by atoms with E-state index in [4.69, 9.17) is 44.3 Å².